The van der Waals surface area contributed by atoms with Crippen LogP contribution in [0.1, 0.15) is 50.5 Å². The summed E-state index contributed by atoms with van der Waals surface area (Å²) in [6.07, 6.45) is -0.601. The van der Waals surface area contributed by atoms with E-state index < -0.39 is 17.7 Å². The number of benzene rings is 2. The van der Waals surface area contributed by atoms with Gasteiger partial charge in [-0.15, -0.1) is 0 Å². The first kappa shape index (κ1) is 22.5. The molecule has 1 amide bonds. The molecule has 1 heterocycles. The normalized spacial score (nSPS) is 14.4. The van der Waals surface area contributed by atoms with Gasteiger partial charge in [-0.1, -0.05) is 18.2 Å². The molecule has 0 radical (unpaired) electrons. The molecule has 1 aliphatic heterocycles. The second-order valence-electron chi connectivity index (χ2n) is 8.42. The fourth-order valence-electron chi connectivity index (χ4n) is 3.34. The van der Waals surface area contributed by atoms with Crippen LogP contribution in [0.5, 0.6) is 11.5 Å². The van der Waals surface area contributed by atoms with Crippen molar-refractivity contribution in [2.75, 3.05) is 13.2 Å². The summed E-state index contributed by atoms with van der Waals surface area (Å²) < 4.78 is 16.7. The molecule has 0 fully saturated rings. The van der Waals surface area contributed by atoms with Gasteiger partial charge in [-0.05, 0) is 69.5 Å². The first-order chi connectivity index (χ1) is 14.7. The molecule has 0 saturated heterocycles. The zero-order valence-electron chi connectivity index (χ0n) is 18.4. The lowest BCUT2D eigenvalue weighted by atomic mass is 9.99. The van der Waals surface area contributed by atoms with Crippen LogP contribution in [0.2, 0.25) is 0 Å². The molecule has 7 nitrogen and oxygen atoms in total. The molecule has 0 aromatic heterocycles. The molecule has 7 heteroatoms. The number of fused-ring (bicyclic) bond motifs is 1. The lowest BCUT2D eigenvalue weighted by Crippen LogP contribution is -2.39. The zero-order chi connectivity index (χ0) is 22.6. The quantitative estimate of drug-likeness (QED) is 0.714. The first-order valence-electron chi connectivity index (χ1n) is 10.4. The van der Waals surface area contributed by atoms with Gasteiger partial charge in [-0.25, -0.2) is 9.59 Å². The Bertz CT molecular complexity index is 932. The molecule has 3 rings (SSSR count). The van der Waals surface area contributed by atoms with Crippen molar-refractivity contribution in [2.45, 2.75) is 52.4 Å². The molecule has 0 aliphatic carbocycles. The Kier molecular flexibility index (Phi) is 6.73. The molecule has 1 atom stereocenters. The number of phenols is 1. The van der Waals surface area contributed by atoms with E-state index in [-0.39, 0.29) is 18.4 Å². The number of nitrogens with zero attached hydrogens (tertiary/aromatic N) is 1. The summed E-state index contributed by atoms with van der Waals surface area (Å²) in [5.74, 6) is 0.0829. The fourth-order valence-corrected chi connectivity index (χ4v) is 3.34. The van der Waals surface area contributed by atoms with Gasteiger partial charge in [0, 0.05) is 18.7 Å². The van der Waals surface area contributed by atoms with Crippen molar-refractivity contribution in [3.63, 3.8) is 0 Å². The van der Waals surface area contributed by atoms with E-state index in [1.54, 1.807) is 24.0 Å². The van der Waals surface area contributed by atoms with Crippen LogP contribution in [0, 0.1) is 0 Å². The number of carbonyl (C=O) groups is 2. The lowest BCUT2D eigenvalue weighted by molar-refractivity contribution is -0.151. The van der Waals surface area contributed by atoms with E-state index in [1.807, 2.05) is 39.0 Å². The maximum absolute atomic E-state index is 12.5. The molecular weight excluding hydrogens is 398 g/mol. The van der Waals surface area contributed by atoms with Crippen molar-refractivity contribution in [3.05, 3.63) is 59.2 Å². The number of hydrogen-bond acceptors (Lipinski definition) is 6. The highest BCUT2D eigenvalue weighted by molar-refractivity contribution is 5.77. The second-order valence-corrected chi connectivity index (χ2v) is 8.42. The maximum Gasteiger partial charge on any atom is 0.410 e. The van der Waals surface area contributed by atoms with Crippen LogP contribution in [-0.4, -0.2) is 40.8 Å². The predicted molar refractivity (Wildman–Crippen MR) is 115 cm³/mol. The first-order valence-corrected chi connectivity index (χ1v) is 10.4. The van der Waals surface area contributed by atoms with Crippen molar-refractivity contribution in [3.8, 4) is 11.5 Å². The number of ether oxygens (including phenoxy) is 3. The monoisotopic (exact) mass is 427 g/mol. The number of rotatable bonds is 5. The van der Waals surface area contributed by atoms with Crippen LogP contribution >= 0.6 is 0 Å². The van der Waals surface area contributed by atoms with Crippen LogP contribution in [0.15, 0.2) is 42.5 Å². The Morgan fingerprint density at radius 1 is 1.10 bits per heavy atom. The average molecular weight is 427 g/mol. The van der Waals surface area contributed by atoms with Gasteiger partial charge < -0.3 is 24.2 Å². The van der Waals surface area contributed by atoms with Crippen molar-refractivity contribution in [2.24, 2.45) is 0 Å². The third-order valence-electron chi connectivity index (χ3n) is 4.79. The molecule has 1 unspecified atom stereocenters. The van der Waals surface area contributed by atoms with E-state index in [2.05, 4.69) is 0 Å². The number of carbonyl (C=O) groups excluding carboxylic acids is 2. The van der Waals surface area contributed by atoms with Gasteiger partial charge in [-0.2, -0.15) is 0 Å². The number of amides is 1. The van der Waals surface area contributed by atoms with Crippen LogP contribution in [0.4, 0.5) is 4.79 Å². The third kappa shape index (κ3) is 5.90. The highest BCUT2D eigenvalue weighted by Crippen LogP contribution is 2.29. The summed E-state index contributed by atoms with van der Waals surface area (Å²) in [5.41, 5.74) is 2.09. The Labute approximate surface area is 182 Å². The molecule has 2 aromatic carbocycles. The molecule has 0 spiro atoms. The van der Waals surface area contributed by atoms with Crippen molar-refractivity contribution in [1.29, 1.82) is 0 Å². The van der Waals surface area contributed by atoms with E-state index in [0.29, 0.717) is 30.8 Å². The zero-order valence-corrected chi connectivity index (χ0v) is 18.4. The summed E-state index contributed by atoms with van der Waals surface area (Å²) in [6, 6.07) is 11.9. The standard InChI is InChI=1S/C24H29NO6/c1-5-29-22(27)21(17-6-9-19(26)10-7-17)30-20-11-8-16-12-13-25(15-18(16)14-20)23(28)31-24(2,3)4/h6-11,14,21,26H,5,12-13,15H2,1-4H3. The molecule has 166 valence electrons. The Balaban J connectivity index is 1.80. The molecule has 1 aliphatic rings. The number of hydrogen-bond donors (Lipinski definition) is 1. The maximum atomic E-state index is 12.5. The second kappa shape index (κ2) is 9.29. The van der Waals surface area contributed by atoms with Gasteiger partial charge in [0.1, 0.15) is 17.1 Å². The Morgan fingerprint density at radius 3 is 2.45 bits per heavy atom. The lowest BCUT2D eigenvalue weighted by Gasteiger charge is -2.31. The molecule has 0 bridgehead atoms. The third-order valence-corrected chi connectivity index (χ3v) is 4.79. The minimum atomic E-state index is -0.968. The molecule has 2 aromatic rings. The summed E-state index contributed by atoms with van der Waals surface area (Å²) in [4.78, 5) is 26.6. The predicted octanol–water partition coefficient (Wildman–Crippen LogP) is 4.37. The van der Waals surface area contributed by atoms with Gasteiger partial charge in [0.2, 0.25) is 6.10 Å². The minimum Gasteiger partial charge on any atom is -0.508 e. The largest absolute Gasteiger partial charge is 0.508 e. The van der Waals surface area contributed by atoms with E-state index in [9.17, 15) is 14.7 Å². The SMILES string of the molecule is CCOC(=O)C(Oc1ccc2c(c1)CN(C(=O)OC(C)(C)C)CC2)c1ccc(O)cc1. The summed E-state index contributed by atoms with van der Waals surface area (Å²) >= 11 is 0. The highest BCUT2D eigenvalue weighted by Gasteiger charge is 2.28. The molecule has 0 saturated carbocycles. The van der Waals surface area contributed by atoms with Gasteiger partial charge in [0.25, 0.3) is 0 Å². The molecular formula is C24H29NO6. The smallest absolute Gasteiger partial charge is 0.410 e. The van der Waals surface area contributed by atoms with Crippen LogP contribution in [-0.2, 0) is 27.2 Å². The van der Waals surface area contributed by atoms with Crippen LogP contribution in [0.3, 0.4) is 0 Å². The highest BCUT2D eigenvalue weighted by atomic mass is 16.6. The van der Waals surface area contributed by atoms with Crippen LogP contribution < -0.4 is 4.74 Å². The topological polar surface area (TPSA) is 85.3 Å². The van der Waals surface area contributed by atoms with Crippen LogP contribution in [0.25, 0.3) is 0 Å². The van der Waals surface area contributed by atoms with Gasteiger partial charge in [-0.3, -0.25) is 0 Å². The Hall–Kier alpha value is -3.22. The van der Waals surface area contributed by atoms with E-state index in [4.69, 9.17) is 14.2 Å². The van der Waals surface area contributed by atoms with E-state index >= 15 is 0 Å². The minimum absolute atomic E-state index is 0.0994. The number of esters is 1. The summed E-state index contributed by atoms with van der Waals surface area (Å²) in [7, 11) is 0. The van der Waals surface area contributed by atoms with Gasteiger partial charge in [0.05, 0.1) is 6.61 Å². The van der Waals surface area contributed by atoms with Gasteiger partial charge in [0.15, 0.2) is 0 Å². The van der Waals surface area contributed by atoms with E-state index in [1.165, 1.54) is 12.1 Å². The summed E-state index contributed by atoms with van der Waals surface area (Å²) in [6.45, 7) is 8.47. The molecule has 31 heavy (non-hydrogen) atoms. The van der Waals surface area contributed by atoms with Crippen molar-refractivity contribution < 1.29 is 28.9 Å². The molecule has 1 N–H and O–H groups in total. The fraction of sp³-hybridized carbons (Fsp3) is 0.417. The average Bonchev–Trinajstić information content (AvgIpc) is 2.71. The summed E-state index contributed by atoms with van der Waals surface area (Å²) in [5, 5.41) is 9.54. The number of phenolic OH excluding ortho intramolecular Hbond substituents is 1. The van der Waals surface area contributed by atoms with Crippen molar-refractivity contribution in [1.82, 2.24) is 4.90 Å². The number of aromatic hydroxyl groups is 1. The van der Waals surface area contributed by atoms with E-state index in [0.717, 1.165) is 11.1 Å². The van der Waals surface area contributed by atoms with Gasteiger partial charge >= 0.3 is 12.1 Å². The Morgan fingerprint density at radius 2 is 1.81 bits per heavy atom. The van der Waals surface area contributed by atoms with Crippen molar-refractivity contribution >= 4 is 12.1 Å².